The molecule has 2 aromatic carbocycles. The van der Waals surface area contributed by atoms with Gasteiger partial charge in [0, 0.05) is 17.1 Å². The van der Waals surface area contributed by atoms with Crippen LogP contribution in [-0.4, -0.2) is 25.2 Å². The molecule has 0 N–H and O–H groups in total. The number of esters is 1. The molecule has 0 bridgehead atoms. The van der Waals surface area contributed by atoms with E-state index < -0.39 is 0 Å². The SMILES string of the molecule is COC(=O)c1c(C)c(-c2ccc3ncccc3c2)cc(C(C)(C)C)c1OC. The van der Waals surface area contributed by atoms with Crippen molar-refractivity contribution in [2.24, 2.45) is 0 Å². The number of carbonyl (C=O) groups excluding carboxylic acids is 1. The Morgan fingerprint density at radius 2 is 1.81 bits per heavy atom. The Labute approximate surface area is 160 Å². The van der Waals surface area contributed by atoms with Crippen LogP contribution in [0.1, 0.15) is 42.3 Å². The maximum absolute atomic E-state index is 12.6. The zero-order valence-corrected chi connectivity index (χ0v) is 16.7. The Balaban J connectivity index is 2.36. The van der Waals surface area contributed by atoms with Gasteiger partial charge in [-0.05, 0) is 53.3 Å². The molecular formula is C23H25NO3. The number of methoxy groups -OCH3 is 2. The van der Waals surface area contributed by atoms with E-state index in [0.29, 0.717) is 11.3 Å². The summed E-state index contributed by atoms with van der Waals surface area (Å²) in [5.41, 5.74) is 5.06. The molecule has 0 saturated carbocycles. The lowest BCUT2D eigenvalue weighted by Gasteiger charge is -2.26. The van der Waals surface area contributed by atoms with Gasteiger partial charge in [0.15, 0.2) is 0 Å². The largest absolute Gasteiger partial charge is 0.496 e. The molecule has 0 fully saturated rings. The van der Waals surface area contributed by atoms with E-state index in [4.69, 9.17) is 9.47 Å². The molecule has 0 saturated heterocycles. The van der Waals surface area contributed by atoms with Gasteiger partial charge in [-0.3, -0.25) is 4.98 Å². The zero-order chi connectivity index (χ0) is 19.8. The van der Waals surface area contributed by atoms with Crippen LogP contribution in [0.15, 0.2) is 42.6 Å². The lowest BCUT2D eigenvalue weighted by atomic mass is 9.81. The average molecular weight is 363 g/mol. The first-order valence-corrected chi connectivity index (χ1v) is 8.93. The van der Waals surface area contributed by atoms with E-state index in [1.54, 1.807) is 13.3 Å². The highest BCUT2D eigenvalue weighted by molar-refractivity contribution is 5.98. The molecule has 140 valence electrons. The molecule has 0 spiro atoms. The Kier molecular flexibility index (Phi) is 4.92. The third kappa shape index (κ3) is 3.39. The quantitative estimate of drug-likeness (QED) is 0.592. The first-order chi connectivity index (χ1) is 12.8. The minimum atomic E-state index is -0.390. The van der Waals surface area contributed by atoms with Gasteiger partial charge < -0.3 is 9.47 Å². The van der Waals surface area contributed by atoms with E-state index in [-0.39, 0.29) is 11.4 Å². The van der Waals surface area contributed by atoms with Gasteiger partial charge in [-0.25, -0.2) is 4.79 Å². The Bertz CT molecular complexity index is 1020. The second-order valence-electron chi connectivity index (χ2n) is 7.66. The van der Waals surface area contributed by atoms with Crippen molar-refractivity contribution in [1.82, 2.24) is 4.98 Å². The van der Waals surface area contributed by atoms with Gasteiger partial charge in [0.05, 0.1) is 19.7 Å². The molecule has 1 heterocycles. The Morgan fingerprint density at radius 1 is 1.07 bits per heavy atom. The molecule has 3 rings (SSSR count). The topological polar surface area (TPSA) is 48.4 Å². The number of hydrogen-bond donors (Lipinski definition) is 0. The van der Waals surface area contributed by atoms with Gasteiger partial charge in [-0.1, -0.05) is 32.9 Å². The van der Waals surface area contributed by atoms with Crippen LogP contribution >= 0.6 is 0 Å². The summed E-state index contributed by atoms with van der Waals surface area (Å²) in [5, 5.41) is 1.06. The van der Waals surface area contributed by atoms with E-state index in [1.807, 2.05) is 31.2 Å². The first-order valence-electron chi connectivity index (χ1n) is 8.93. The van der Waals surface area contributed by atoms with Crippen molar-refractivity contribution in [2.45, 2.75) is 33.1 Å². The second-order valence-corrected chi connectivity index (χ2v) is 7.66. The standard InChI is InChI=1S/C23H25NO3/c1-14-17(15-9-10-19-16(12-15)8-7-11-24-19)13-18(23(2,3)4)21(26-5)20(14)22(25)27-6/h7-13H,1-6H3. The third-order valence-corrected chi connectivity index (χ3v) is 4.86. The number of carbonyl (C=O) groups is 1. The van der Waals surface area contributed by atoms with E-state index in [1.165, 1.54) is 7.11 Å². The van der Waals surface area contributed by atoms with Gasteiger partial charge in [0.25, 0.3) is 0 Å². The number of nitrogens with zero attached hydrogens (tertiary/aromatic N) is 1. The predicted molar refractivity (Wildman–Crippen MR) is 109 cm³/mol. The van der Waals surface area contributed by atoms with Crippen molar-refractivity contribution in [3.8, 4) is 16.9 Å². The number of ether oxygens (including phenoxy) is 2. The molecule has 0 aliphatic heterocycles. The lowest BCUT2D eigenvalue weighted by Crippen LogP contribution is -2.17. The van der Waals surface area contributed by atoms with Crippen LogP contribution in [-0.2, 0) is 10.2 Å². The highest BCUT2D eigenvalue weighted by Crippen LogP contribution is 2.41. The van der Waals surface area contributed by atoms with E-state index in [9.17, 15) is 4.79 Å². The molecule has 0 aliphatic rings. The van der Waals surface area contributed by atoms with Crippen molar-refractivity contribution in [2.75, 3.05) is 14.2 Å². The molecule has 3 aromatic rings. The van der Waals surface area contributed by atoms with Crippen molar-refractivity contribution in [3.05, 3.63) is 59.3 Å². The lowest BCUT2D eigenvalue weighted by molar-refractivity contribution is 0.0596. The molecule has 4 heteroatoms. The van der Waals surface area contributed by atoms with Crippen molar-refractivity contribution < 1.29 is 14.3 Å². The summed E-state index contributed by atoms with van der Waals surface area (Å²) in [6, 6.07) is 12.2. The van der Waals surface area contributed by atoms with Crippen molar-refractivity contribution in [1.29, 1.82) is 0 Å². The van der Waals surface area contributed by atoms with Crippen LogP contribution in [0.4, 0.5) is 0 Å². The number of fused-ring (bicyclic) bond motifs is 1. The molecule has 0 aliphatic carbocycles. The van der Waals surface area contributed by atoms with Crippen LogP contribution in [0.5, 0.6) is 5.75 Å². The van der Waals surface area contributed by atoms with E-state index in [2.05, 4.69) is 37.9 Å². The fraction of sp³-hybridized carbons (Fsp3) is 0.304. The first kappa shape index (κ1) is 18.9. The summed E-state index contributed by atoms with van der Waals surface area (Å²) in [7, 11) is 2.99. The van der Waals surface area contributed by atoms with Crippen LogP contribution in [0.2, 0.25) is 0 Å². The number of rotatable bonds is 3. The number of pyridine rings is 1. The van der Waals surface area contributed by atoms with E-state index >= 15 is 0 Å². The van der Waals surface area contributed by atoms with Crippen molar-refractivity contribution >= 4 is 16.9 Å². The minimum Gasteiger partial charge on any atom is -0.496 e. The normalized spacial score (nSPS) is 11.5. The minimum absolute atomic E-state index is 0.199. The number of hydrogen-bond acceptors (Lipinski definition) is 4. The molecule has 0 atom stereocenters. The monoisotopic (exact) mass is 363 g/mol. The fourth-order valence-corrected chi connectivity index (χ4v) is 3.42. The van der Waals surface area contributed by atoms with Crippen LogP contribution in [0, 0.1) is 6.92 Å². The summed E-state index contributed by atoms with van der Waals surface area (Å²) in [6.45, 7) is 8.25. The maximum Gasteiger partial charge on any atom is 0.341 e. The summed E-state index contributed by atoms with van der Waals surface area (Å²) in [6.07, 6.45) is 1.79. The van der Waals surface area contributed by atoms with Crippen LogP contribution in [0.25, 0.3) is 22.0 Å². The van der Waals surface area contributed by atoms with Gasteiger partial charge in [-0.15, -0.1) is 0 Å². The molecule has 1 aromatic heterocycles. The van der Waals surface area contributed by atoms with Gasteiger partial charge in [0.1, 0.15) is 11.3 Å². The molecule has 0 amide bonds. The zero-order valence-electron chi connectivity index (χ0n) is 16.7. The molecular weight excluding hydrogens is 338 g/mol. The Morgan fingerprint density at radius 3 is 2.44 bits per heavy atom. The predicted octanol–water partition coefficient (Wildman–Crippen LogP) is 5.30. The second kappa shape index (κ2) is 7.03. The average Bonchev–Trinajstić information content (AvgIpc) is 2.65. The molecule has 0 radical (unpaired) electrons. The van der Waals surface area contributed by atoms with Gasteiger partial charge >= 0.3 is 5.97 Å². The summed E-state index contributed by atoms with van der Waals surface area (Å²) < 4.78 is 10.7. The van der Waals surface area contributed by atoms with Gasteiger partial charge in [0.2, 0.25) is 0 Å². The van der Waals surface area contributed by atoms with Crippen LogP contribution < -0.4 is 4.74 Å². The highest BCUT2D eigenvalue weighted by Gasteiger charge is 2.28. The number of aromatic nitrogens is 1. The fourth-order valence-electron chi connectivity index (χ4n) is 3.42. The maximum atomic E-state index is 12.6. The van der Waals surface area contributed by atoms with E-state index in [0.717, 1.165) is 33.2 Å². The number of benzene rings is 2. The Hall–Kier alpha value is -2.88. The summed E-state index contributed by atoms with van der Waals surface area (Å²) in [5.74, 6) is 0.192. The highest BCUT2D eigenvalue weighted by atomic mass is 16.5. The van der Waals surface area contributed by atoms with Gasteiger partial charge in [-0.2, -0.15) is 0 Å². The smallest absolute Gasteiger partial charge is 0.341 e. The summed E-state index contributed by atoms with van der Waals surface area (Å²) >= 11 is 0. The molecule has 4 nitrogen and oxygen atoms in total. The van der Waals surface area contributed by atoms with Crippen LogP contribution in [0.3, 0.4) is 0 Å². The third-order valence-electron chi connectivity index (χ3n) is 4.86. The molecule has 0 unspecified atom stereocenters. The van der Waals surface area contributed by atoms with Crippen molar-refractivity contribution in [3.63, 3.8) is 0 Å². The molecule has 27 heavy (non-hydrogen) atoms. The summed E-state index contributed by atoms with van der Waals surface area (Å²) in [4.78, 5) is 17.0.